The molecule has 212 valence electrons. The second kappa shape index (κ2) is 12.9. The number of aryl methyl sites for hydroxylation is 1. The molecule has 3 aliphatic rings. The Labute approximate surface area is 232 Å². The van der Waals surface area contributed by atoms with E-state index in [4.69, 9.17) is 0 Å². The SMILES string of the molecule is CC(CCc1ccc(F)cc1)C1CCN(CC2CN(C(CC3CCC3)C(=O)O)CC2c2cccc(F)c2)CC1. The van der Waals surface area contributed by atoms with Gasteiger partial charge >= 0.3 is 5.97 Å². The fraction of sp³-hybridized carbons (Fsp3) is 0.606. The van der Waals surface area contributed by atoms with Gasteiger partial charge in [-0.05, 0) is 104 Å². The van der Waals surface area contributed by atoms with Crippen LogP contribution in [0.1, 0.15) is 68.9 Å². The van der Waals surface area contributed by atoms with Crippen molar-refractivity contribution in [2.75, 3.05) is 32.7 Å². The maximum Gasteiger partial charge on any atom is 0.320 e. The van der Waals surface area contributed by atoms with E-state index in [1.807, 2.05) is 18.2 Å². The molecule has 2 aromatic carbocycles. The van der Waals surface area contributed by atoms with Crippen molar-refractivity contribution >= 4 is 5.97 Å². The average molecular weight is 539 g/mol. The van der Waals surface area contributed by atoms with Crippen molar-refractivity contribution in [1.29, 1.82) is 0 Å². The van der Waals surface area contributed by atoms with Crippen molar-refractivity contribution in [3.8, 4) is 0 Å². The normalized spacial score (nSPS) is 24.9. The van der Waals surface area contributed by atoms with Crippen molar-refractivity contribution in [2.45, 2.75) is 70.3 Å². The lowest BCUT2D eigenvalue weighted by Gasteiger charge is -2.37. The first-order chi connectivity index (χ1) is 18.9. The third kappa shape index (κ3) is 7.26. The quantitative estimate of drug-likeness (QED) is 0.350. The molecule has 0 aromatic heterocycles. The number of benzene rings is 2. The summed E-state index contributed by atoms with van der Waals surface area (Å²) in [6, 6.07) is 13.4. The molecule has 2 aromatic rings. The van der Waals surface area contributed by atoms with E-state index in [0.717, 1.165) is 63.8 Å². The molecule has 2 aliphatic heterocycles. The van der Waals surface area contributed by atoms with Crippen LogP contribution in [0.3, 0.4) is 0 Å². The predicted octanol–water partition coefficient (Wildman–Crippen LogP) is 6.60. The number of aliphatic carboxylic acids is 1. The number of rotatable bonds is 11. The number of hydrogen-bond acceptors (Lipinski definition) is 3. The van der Waals surface area contributed by atoms with Crippen LogP contribution >= 0.6 is 0 Å². The molecular formula is C33H44F2N2O2. The monoisotopic (exact) mass is 538 g/mol. The molecular weight excluding hydrogens is 494 g/mol. The first-order valence-corrected chi connectivity index (χ1v) is 15.0. The number of nitrogens with zero attached hydrogens (tertiary/aromatic N) is 2. The number of hydrogen-bond donors (Lipinski definition) is 1. The molecule has 39 heavy (non-hydrogen) atoms. The van der Waals surface area contributed by atoms with Crippen LogP contribution in [0.2, 0.25) is 0 Å². The van der Waals surface area contributed by atoms with Gasteiger partial charge in [-0.15, -0.1) is 0 Å². The van der Waals surface area contributed by atoms with Crippen molar-refractivity contribution < 1.29 is 18.7 Å². The fourth-order valence-corrected chi connectivity index (χ4v) is 7.23. The highest BCUT2D eigenvalue weighted by Crippen LogP contribution is 2.39. The largest absolute Gasteiger partial charge is 0.480 e. The number of carboxylic acids is 1. The van der Waals surface area contributed by atoms with Crippen LogP contribution in [0.25, 0.3) is 0 Å². The average Bonchev–Trinajstić information content (AvgIpc) is 3.31. The molecule has 0 spiro atoms. The topological polar surface area (TPSA) is 43.8 Å². The van der Waals surface area contributed by atoms with E-state index in [0.29, 0.717) is 30.2 Å². The molecule has 2 heterocycles. The summed E-state index contributed by atoms with van der Waals surface area (Å²) in [5.74, 6) is 1.18. The van der Waals surface area contributed by atoms with Crippen molar-refractivity contribution in [3.63, 3.8) is 0 Å². The molecule has 0 bridgehead atoms. The van der Waals surface area contributed by atoms with Gasteiger partial charge in [0.1, 0.15) is 17.7 Å². The summed E-state index contributed by atoms with van der Waals surface area (Å²) in [7, 11) is 0. The minimum absolute atomic E-state index is 0.149. The molecule has 0 radical (unpaired) electrons. The number of piperidine rings is 1. The van der Waals surface area contributed by atoms with Gasteiger partial charge in [0, 0.05) is 25.6 Å². The lowest BCUT2D eigenvalue weighted by molar-refractivity contribution is -0.144. The molecule has 1 saturated carbocycles. The molecule has 1 N–H and O–H groups in total. The van der Waals surface area contributed by atoms with Crippen molar-refractivity contribution in [2.24, 2.45) is 23.7 Å². The molecule has 0 amide bonds. The zero-order chi connectivity index (χ0) is 27.4. The standard InChI is InChI=1S/C33H44F2N2O2/c1-23(8-9-24-10-12-29(34)13-11-24)26-14-16-36(17-15-26)20-28-21-37(32(33(38)39)18-25-4-2-5-25)22-31(28)27-6-3-7-30(35)19-27/h3,6-7,10-13,19,23,25-26,28,31-32H,2,4-5,8-9,14-18,20-22H2,1H3,(H,38,39). The first-order valence-electron chi connectivity index (χ1n) is 15.0. The summed E-state index contributed by atoms with van der Waals surface area (Å²) in [6.45, 7) is 6.86. The van der Waals surface area contributed by atoms with Gasteiger partial charge in [-0.25, -0.2) is 8.78 Å². The second-order valence-electron chi connectivity index (χ2n) is 12.5. The van der Waals surface area contributed by atoms with Crippen LogP contribution in [0.4, 0.5) is 8.78 Å². The smallest absolute Gasteiger partial charge is 0.320 e. The Hall–Kier alpha value is -2.31. The molecule has 4 nitrogen and oxygen atoms in total. The number of halogens is 2. The van der Waals surface area contributed by atoms with E-state index in [1.54, 1.807) is 24.3 Å². The molecule has 5 rings (SSSR count). The Bertz CT molecular complexity index is 1080. The fourth-order valence-electron chi connectivity index (χ4n) is 7.23. The van der Waals surface area contributed by atoms with Gasteiger partial charge in [0.15, 0.2) is 0 Å². The van der Waals surface area contributed by atoms with E-state index in [-0.39, 0.29) is 17.6 Å². The van der Waals surface area contributed by atoms with Gasteiger partial charge in [0.2, 0.25) is 0 Å². The predicted molar refractivity (Wildman–Crippen MR) is 151 cm³/mol. The van der Waals surface area contributed by atoms with E-state index in [9.17, 15) is 18.7 Å². The third-order valence-corrected chi connectivity index (χ3v) is 9.98. The van der Waals surface area contributed by atoms with E-state index >= 15 is 0 Å². The molecule has 4 unspecified atom stereocenters. The Morgan fingerprint density at radius 3 is 2.38 bits per heavy atom. The van der Waals surface area contributed by atoms with Gasteiger partial charge in [-0.3, -0.25) is 9.69 Å². The van der Waals surface area contributed by atoms with Crippen molar-refractivity contribution in [3.05, 3.63) is 71.3 Å². The summed E-state index contributed by atoms with van der Waals surface area (Å²) >= 11 is 0. The molecule has 4 atom stereocenters. The summed E-state index contributed by atoms with van der Waals surface area (Å²) in [5.41, 5.74) is 2.20. The highest BCUT2D eigenvalue weighted by atomic mass is 19.1. The Balaban J connectivity index is 1.18. The Morgan fingerprint density at radius 2 is 1.74 bits per heavy atom. The maximum atomic E-state index is 14.2. The van der Waals surface area contributed by atoms with Crippen LogP contribution in [0.15, 0.2) is 48.5 Å². The van der Waals surface area contributed by atoms with Crippen LogP contribution in [0, 0.1) is 35.3 Å². The summed E-state index contributed by atoms with van der Waals surface area (Å²) in [5, 5.41) is 10.1. The summed E-state index contributed by atoms with van der Waals surface area (Å²) < 4.78 is 27.4. The van der Waals surface area contributed by atoms with Crippen LogP contribution in [0.5, 0.6) is 0 Å². The van der Waals surface area contributed by atoms with Crippen molar-refractivity contribution in [1.82, 2.24) is 9.80 Å². The zero-order valence-electron chi connectivity index (χ0n) is 23.3. The minimum atomic E-state index is -0.712. The van der Waals surface area contributed by atoms with Gasteiger partial charge in [-0.2, -0.15) is 0 Å². The summed E-state index contributed by atoms with van der Waals surface area (Å²) in [6.07, 6.45) is 8.69. The first kappa shape index (κ1) is 28.2. The second-order valence-corrected chi connectivity index (χ2v) is 12.5. The molecule has 2 saturated heterocycles. The lowest BCUT2D eigenvalue weighted by Crippen LogP contribution is -2.43. The number of likely N-dealkylation sites (tertiary alicyclic amines) is 2. The number of carbonyl (C=O) groups is 1. The molecule has 6 heteroatoms. The van der Waals surface area contributed by atoms with E-state index in [2.05, 4.69) is 16.7 Å². The van der Waals surface area contributed by atoms with E-state index in [1.165, 1.54) is 30.9 Å². The Kier molecular flexibility index (Phi) is 9.34. The highest BCUT2D eigenvalue weighted by Gasteiger charge is 2.41. The zero-order valence-corrected chi connectivity index (χ0v) is 23.3. The lowest BCUT2D eigenvalue weighted by atomic mass is 9.80. The van der Waals surface area contributed by atoms with Crippen LogP contribution in [-0.4, -0.2) is 59.6 Å². The van der Waals surface area contributed by atoms with E-state index < -0.39 is 12.0 Å². The van der Waals surface area contributed by atoms with Gasteiger partial charge in [0.25, 0.3) is 0 Å². The van der Waals surface area contributed by atoms with Crippen LogP contribution in [-0.2, 0) is 11.2 Å². The summed E-state index contributed by atoms with van der Waals surface area (Å²) in [4.78, 5) is 17.0. The third-order valence-electron chi connectivity index (χ3n) is 9.98. The molecule has 3 fully saturated rings. The van der Waals surface area contributed by atoms with Gasteiger partial charge < -0.3 is 10.0 Å². The van der Waals surface area contributed by atoms with Crippen LogP contribution < -0.4 is 0 Å². The minimum Gasteiger partial charge on any atom is -0.480 e. The number of carboxylic acid groups (broad SMARTS) is 1. The van der Waals surface area contributed by atoms with Gasteiger partial charge in [-0.1, -0.05) is 50.5 Å². The maximum absolute atomic E-state index is 14.2. The highest BCUT2D eigenvalue weighted by molar-refractivity contribution is 5.73. The Morgan fingerprint density at radius 1 is 1.00 bits per heavy atom. The van der Waals surface area contributed by atoms with Gasteiger partial charge in [0.05, 0.1) is 0 Å². The molecule has 1 aliphatic carbocycles.